The number of para-hydroxylation sites is 1. The largest absolute Gasteiger partial charge is 0.504 e. The standard InChI is InChI=1S/C12H9N3O2/c16-9-6-13-12(11-10(9)14-7-15-11)17-8-4-2-1-3-5-8/h1-7,16H,(H,14,15). The lowest BCUT2D eigenvalue weighted by Gasteiger charge is -2.05. The normalized spacial score (nSPS) is 10.6. The van der Waals surface area contributed by atoms with Gasteiger partial charge in [-0.05, 0) is 12.1 Å². The minimum Gasteiger partial charge on any atom is -0.504 e. The van der Waals surface area contributed by atoms with Crippen molar-refractivity contribution < 1.29 is 9.84 Å². The van der Waals surface area contributed by atoms with Crippen LogP contribution in [0.1, 0.15) is 0 Å². The summed E-state index contributed by atoms with van der Waals surface area (Å²) < 4.78 is 5.60. The number of rotatable bonds is 2. The van der Waals surface area contributed by atoms with Crippen LogP contribution in [0.4, 0.5) is 0 Å². The third kappa shape index (κ3) is 1.67. The summed E-state index contributed by atoms with van der Waals surface area (Å²) in [7, 11) is 0. The van der Waals surface area contributed by atoms with E-state index in [1.807, 2.05) is 30.3 Å². The SMILES string of the molecule is Oc1cnc(Oc2ccccc2)c2nc[nH]c12. The van der Waals surface area contributed by atoms with Crippen molar-refractivity contribution in [1.29, 1.82) is 0 Å². The Kier molecular flexibility index (Phi) is 2.15. The van der Waals surface area contributed by atoms with E-state index in [0.717, 1.165) is 0 Å². The molecule has 1 aromatic carbocycles. The second-order valence-corrected chi connectivity index (χ2v) is 3.49. The molecule has 0 fully saturated rings. The number of imidazole rings is 1. The van der Waals surface area contributed by atoms with Gasteiger partial charge >= 0.3 is 0 Å². The Morgan fingerprint density at radius 2 is 1.94 bits per heavy atom. The van der Waals surface area contributed by atoms with Crippen molar-refractivity contribution in [3.63, 3.8) is 0 Å². The maximum absolute atomic E-state index is 9.56. The molecule has 0 atom stereocenters. The molecule has 2 N–H and O–H groups in total. The quantitative estimate of drug-likeness (QED) is 0.705. The maximum Gasteiger partial charge on any atom is 0.247 e. The van der Waals surface area contributed by atoms with Gasteiger partial charge in [0.1, 0.15) is 11.3 Å². The summed E-state index contributed by atoms with van der Waals surface area (Å²) in [5.74, 6) is 1.10. The van der Waals surface area contributed by atoms with E-state index < -0.39 is 0 Å². The van der Waals surface area contributed by atoms with Gasteiger partial charge in [-0.25, -0.2) is 9.97 Å². The fraction of sp³-hybridized carbons (Fsp3) is 0. The molecule has 0 amide bonds. The van der Waals surface area contributed by atoms with E-state index in [-0.39, 0.29) is 5.75 Å². The van der Waals surface area contributed by atoms with Crippen LogP contribution >= 0.6 is 0 Å². The van der Waals surface area contributed by atoms with Crippen LogP contribution in [0.15, 0.2) is 42.9 Å². The Morgan fingerprint density at radius 1 is 1.12 bits per heavy atom. The summed E-state index contributed by atoms with van der Waals surface area (Å²) in [4.78, 5) is 10.9. The number of nitrogens with one attached hydrogen (secondary N) is 1. The van der Waals surface area contributed by atoms with Crippen LogP contribution in [-0.4, -0.2) is 20.1 Å². The molecule has 0 saturated heterocycles. The van der Waals surface area contributed by atoms with Gasteiger partial charge in [0.05, 0.1) is 12.5 Å². The van der Waals surface area contributed by atoms with Crippen molar-refractivity contribution in [3.8, 4) is 17.4 Å². The number of hydrogen-bond acceptors (Lipinski definition) is 4. The topological polar surface area (TPSA) is 71.0 Å². The molecule has 5 nitrogen and oxygen atoms in total. The Hall–Kier alpha value is -2.56. The van der Waals surface area contributed by atoms with Gasteiger partial charge in [-0.3, -0.25) is 0 Å². The number of hydrogen-bond donors (Lipinski definition) is 2. The zero-order chi connectivity index (χ0) is 11.7. The molecular weight excluding hydrogens is 218 g/mol. The first-order valence-corrected chi connectivity index (χ1v) is 5.08. The van der Waals surface area contributed by atoms with Crippen LogP contribution < -0.4 is 4.74 Å². The Bertz CT molecular complexity index is 649. The molecule has 5 heteroatoms. The van der Waals surface area contributed by atoms with Crippen molar-refractivity contribution >= 4 is 11.0 Å². The summed E-state index contributed by atoms with van der Waals surface area (Å²) in [6.07, 6.45) is 2.82. The van der Waals surface area contributed by atoms with Gasteiger partial charge in [-0.15, -0.1) is 0 Å². The van der Waals surface area contributed by atoms with E-state index in [4.69, 9.17) is 4.74 Å². The highest BCUT2D eigenvalue weighted by atomic mass is 16.5. The highest BCUT2D eigenvalue weighted by Gasteiger charge is 2.10. The zero-order valence-corrected chi connectivity index (χ0v) is 8.79. The summed E-state index contributed by atoms with van der Waals surface area (Å²) in [6.45, 7) is 0. The predicted octanol–water partition coefficient (Wildman–Crippen LogP) is 2.46. The van der Waals surface area contributed by atoms with E-state index in [0.29, 0.717) is 22.7 Å². The van der Waals surface area contributed by atoms with Crippen LogP contribution in [0.25, 0.3) is 11.0 Å². The second-order valence-electron chi connectivity index (χ2n) is 3.49. The molecule has 84 valence electrons. The summed E-state index contributed by atoms with van der Waals surface area (Å²) in [5.41, 5.74) is 1.03. The third-order valence-electron chi connectivity index (χ3n) is 2.36. The summed E-state index contributed by atoms with van der Waals surface area (Å²) in [5, 5.41) is 9.56. The molecule has 0 spiro atoms. The van der Waals surface area contributed by atoms with Crippen LogP contribution in [0.3, 0.4) is 0 Å². The first-order valence-electron chi connectivity index (χ1n) is 5.08. The Morgan fingerprint density at radius 3 is 2.76 bits per heavy atom. The van der Waals surface area contributed by atoms with Gasteiger partial charge < -0.3 is 14.8 Å². The minimum atomic E-state index is 0.0536. The monoisotopic (exact) mass is 227 g/mol. The van der Waals surface area contributed by atoms with Gasteiger partial charge in [0.15, 0.2) is 11.3 Å². The molecule has 3 rings (SSSR count). The van der Waals surface area contributed by atoms with Crippen molar-refractivity contribution in [1.82, 2.24) is 15.0 Å². The van der Waals surface area contributed by atoms with E-state index in [9.17, 15) is 5.11 Å². The molecule has 0 radical (unpaired) electrons. The fourth-order valence-corrected chi connectivity index (χ4v) is 1.57. The molecule has 0 aliphatic carbocycles. The van der Waals surface area contributed by atoms with E-state index in [1.165, 1.54) is 12.5 Å². The first kappa shape index (κ1) is 9.65. The van der Waals surface area contributed by atoms with Crippen LogP contribution in [-0.2, 0) is 0 Å². The molecule has 2 aromatic heterocycles. The molecule has 3 aromatic rings. The number of nitrogens with zero attached hydrogens (tertiary/aromatic N) is 2. The lowest BCUT2D eigenvalue weighted by atomic mass is 10.3. The lowest BCUT2D eigenvalue weighted by molar-refractivity contribution is 0.455. The highest BCUT2D eigenvalue weighted by Crippen LogP contribution is 2.29. The number of fused-ring (bicyclic) bond motifs is 1. The number of aromatic nitrogens is 3. The maximum atomic E-state index is 9.56. The zero-order valence-electron chi connectivity index (χ0n) is 8.79. The summed E-state index contributed by atoms with van der Waals surface area (Å²) in [6, 6.07) is 9.30. The van der Waals surface area contributed by atoms with Gasteiger partial charge in [0, 0.05) is 0 Å². The molecule has 0 unspecified atom stereocenters. The number of aromatic hydroxyl groups is 1. The van der Waals surface area contributed by atoms with Gasteiger partial charge in [-0.2, -0.15) is 0 Å². The lowest BCUT2D eigenvalue weighted by Crippen LogP contribution is -1.89. The van der Waals surface area contributed by atoms with E-state index in [2.05, 4.69) is 15.0 Å². The molecule has 2 heterocycles. The molecular formula is C12H9N3O2. The van der Waals surface area contributed by atoms with Crippen molar-refractivity contribution in [2.75, 3.05) is 0 Å². The van der Waals surface area contributed by atoms with E-state index >= 15 is 0 Å². The number of benzene rings is 1. The van der Waals surface area contributed by atoms with Crippen molar-refractivity contribution in [2.24, 2.45) is 0 Å². The predicted molar refractivity (Wildman–Crippen MR) is 62.1 cm³/mol. The molecule has 0 saturated carbocycles. The second kappa shape index (κ2) is 3.79. The van der Waals surface area contributed by atoms with Crippen LogP contribution in [0.2, 0.25) is 0 Å². The molecule has 0 aliphatic heterocycles. The fourth-order valence-electron chi connectivity index (χ4n) is 1.57. The first-order chi connectivity index (χ1) is 8.34. The van der Waals surface area contributed by atoms with Gasteiger partial charge in [0.25, 0.3) is 0 Å². The van der Waals surface area contributed by atoms with Crippen LogP contribution in [0.5, 0.6) is 17.4 Å². The average Bonchev–Trinajstić information content (AvgIpc) is 2.84. The minimum absolute atomic E-state index is 0.0536. The summed E-state index contributed by atoms with van der Waals surface area (Å²) >= 11 is 0. The third-order valence-corrected chi connectivity index (χ3v) is 2.36. The van der Waals surface area contributed by atoms with Gasteiger partial charge in [0.2, 0.25) is 5.88 Å². The Balaban J connectivity index is 2.07. The molecule has 0 bridgehead atoms. The molecule has 0 aliphatic rings. The van der Waals surface area contributed by atoms with Crippen molar-refractivity contribution in [3.05, 3.63) is 42.9 Å². The highest BCUT2D eigenvalue weighted by molar-refractivity contribution is 5.84. The number of pyridine rings is 1. The number of H-pyrrole nitrogens is 1. The van der Waals surface area contributed by atoms with Gasteiger partial charge in [-0.1, -0.05) is 18.2 Å². The van der Waals surface area contributed by atoms with E-state index in [1.54, 1.807) is 0 Å². The number of aromatic amines is 1. The average molecular weight is 227 g/mol. The van der Waals surface area contributed by atoms with Crippen molar-refractivity contribution in [2.45, 2.75) is 0 Å². The van der Waals surface area contributed by atoms with Crippen LogP contribution in [0, 0.1) is 0 Å². The Labute approximate surface area is 96.7 Å². The number of ether oxygens (including phenoxy) is 1. The smallest absolute Gasteiger partial charge is 0.247 e. The molecule has 17 heavy (non-hydrogen) atoms.